The summed E-state index contributed by atoms with van der Waals surface area (Å²) in [5, 5.41) is 7.62. The Morgan fingerprint density at radius 2 is 2.24 bits per heavy atom. The summed E-state index contributed by atoms with van der Waals surface area (Å²) in [6, 6.07) is 6.09. The van der Waals surface area contributed by atoms with E-state index in [1.165, 1.54) is 0 Å². The van der Waals surface area contributed by atoms with Crippen molar-refractivity contribution in [2.75, 3.05) is 20.1 Å². The Labute approximate surface area is 130 Å². The molecule has 0 aromatic carbocycles. The largest absolute Gasteiger partial charge is 0.339 e. The molecule has 3 heterocycles. The Balaban J connectivity index is 0.00000161. The van der Waals surface area contributed by atoms with E-state index in [0.29, 0.717) is 11.6 Å². The van der Waals surface area contributed by atoms with Gasteiger partial charge in [0.25, 0.3) is 5.91 Å². The lowest BCUT2D eigenvalue weighted by Crippen LogP contribution is -2.37. The van der Waals surface area contributed by atoms with Crippen LogP contribution in [0.2, 0.25) is 0 Å². The number of carbonyl (C=O) groups is 1. The van der Waals surface area contributed by atoms with E-state index in [-0.39, 0.29) is 18.3 Å². The van der Waals surface area contributed by atoms with Gasteiger partial charge < -0.3 is 10.2 Å². The lowest BCUT2D eigenvalue weighted by Gasteiger charge is -2.26. The van der Waals surface area contributed by atoms with Crippen LogP contribution < -0.4 is 5.32 Å². The number of halogens is 1. The molecular weight excluding hydrogens is 288 g/mol. The molecule has 0 saturated carbocycles. The number of fused-ring (bicyclic) bond motifs is 1. The number of pyridine rings is 1. The molecule has 2 aromatic rings. The number of nitrogens with zero attached hydrogens (tertiary/aromatic N) is 3. The molecule has 1 fully saturated rings. The topological polar surface area (TPSA) is 49.6 Å². The van der Waals surface area contributed by atoms with E-state index in [0.717, 1.165) is 37.9 Å². The Hall–Kier alpha value is -1.59. The van der Waals surface area contributed by atoms with Gasteiger partial charge in [0, 0.05) is 19.3 Å². The van der Waals surface area contributed by atoms with Crippen LogP contribution in [0.5, 0.6) is 0 Å². The Bertz CT molecular complexity index is 604. The average molecular weight is 309 g/mol. The lowest BCUT2D eigenvalue weighted by atomic mass is 10.1. The summed E-state index contributed by atoms with van der Waals surface area (Å²) in [4.78, 5) is 14.6. The second kappa shape index (κ2) is 6.91. The fraction of sp³-hybridized carbons (Fsp3) is 0.467. The van der Waals surface area contributed by atoms with Gasteiger partial charge in [0.2, 0.25) is 0 Å². The van der Waals surface area contributed by atoms with Crippen molar-refractivity contribution in [1.29, 1.82) is 0 Å². The molecule has 0 bridgehead atoms. The number of amides is 1. The van der Waals surface area contributed by atoms with Crippen LogP contribution in [0.25, 0.3) is 5.52 Å². The predicted molar refractivity (Wildman–Crippen MR) is 85.0 cm³/mol. The second-order valence-corrected chi connectivity index (χ2v) is 5.34. The number of aromatic nitrogens is 2. The molecule has 3 rings (SSSR count). The predicted octanol–water partition coefficient (Wildman–Crippen LogP) is 1.97. The fourth-order valence-electron chi connectivity index (χ4n) is 2.84. The zero-order valence-electron chi connectivity index (χ0n) is 12.2. The molecule has 1 aliphatic heterocycles. The van der Waals surface area contributed by atoms with Gasteiger partial charge in [0.15, 0.2) is 0 Å². The van der Waals surface area contributed by atoms with Crippen molar-refractivity contribution in [2.45, 2.75) is 25.3 Å². The fourth-order valence-corrected chi connectivity index (χ4v) is 2.84. The average Bonchev–Trinajstić information content (AvgIpc) is 2.72. The second-order valence-electron chi connectivity index (χ2n) is 5.34. The quantitative estimate of drug-likeness (QED) is 0.923. The third kappa shape index (κ3) is 3.19. The molecule has 21 heavy (non-hydrogen) atoms. The smallest absolute Gasteiger partial charge is 0.257 e. The third-order valence-corrected chi connectivity index (χ3v) is 4.07. The normalized spacial score (nSPS) is 18.8. The first kappa shape index (κ1) is 15.8. The van der Waals surface area contributed by atoms with E-state index in [1.54, 1.807) is 10.7 Å². The summed E-state index contributed by atoms with van der Waals surface area (Å²) < 4.78 is 1.75. The minimum atomic E-state index is 0. The van der Waals surface area contributed by atoms with E-state index in [1.807, 2.05) is 36.3 Å². The zero-order valence-corrected chi connectivity index (χ0v) is 13.0. The van der Waals surface area contributed by atoms with Crippen molar-refractivity contribution >= 4 is 23.8 Å². The molecule has 1 amide bonds. The number of nitrogens with one attached hydrogen (secondary N) is 1. The highest BCUT2D eigenvalue weighted by Crippen LogP contribution is 2.17. The first-order chi connectivity index (χ1) is 9.77. The molecule has 1 unspecified atom stereocenters. The summed E-state index contributed by atoms with van der Waals surface area (Å²) >= 11 is 0. The third-order valence-electron chi connectivity index (χ3n) is 4.07. The lowest BCUT2D eigenvalue weighted by molar-refractivity contribution is 0.0722. The van der Waals surface area contributed by atoms with Crippen molar-refractivity contribution in [3.05, 3.63) is 36.2 Å². The van der Waals surface area contributed by atoms with Crippen LogP contribution in [0, 0.1) is 0 Å². The van der Waals surface area contributed by atoms with E-state index >= 15 is 0 Å². The Morgan fingerprint density at radius 1 is 1.38 bits per heavy atom. The van der Waals surface area contributed by atoms with Crippen molar-refractivity contribution in [3.8, 4) is 0 Å². The van der Waals surface area contributed by atoms with Gasteiger partial charge in [-0.1, -0.05) is 6.07 Å². The van der Waals surface area contributed by atoms with Crippen molar-refractivity contribution in [2.24, 2.45) is 0 Å². The highest BCUT2D eigenvalue weighted by Gasteiger charge is 2.24. The van der Waals surface area contributed by atoms with Gasteiger partial charge in [0.1, 0.15) is 0 Å². The highest BCUT2D eigenvalue weighted by atomic mass is 35.5. The van der Waals surface area contributed by atoms with Gasteiger partial charge >= 0.3 is 0 Å². The number of carbonyl (C=O) groups excluding carboxylic acids is 1. The number of rotatable bonds is 2. The van der Waals surface area contributed by atoms with Gasteiger partial charge in [-0.2, -0.15) is 5.10 Å². The molecule has 114 valence electrons. The van der Waals surface area contributed by atoms with E-state index in [9.17, 15) is 4.79 Å². The van der Waals surface area contributed by atoms with Gasteiger partial charge in [-0.15, -0.1) is 12.4 Å². The van der Waals surface area contributed by atoms with Crippen LogP contribution >= 0.6 is 12.4 Å². The van der Waals surface area contributed by atoms with Crippen LogP contribution in [0.1, 0.15) is 29.6 Å². The molecule has 0 radical (unpaired) electrons. The standard InChI is InChI=1S/C15H20N4O.ClH/c1-18(12-5-4-8-16-9-7-12)15(20)13-11-17-19-10-3-2-6-14(13)19;/h2-3,6,10-12,16H,4-5,7-9H2,1H3;1H. The van der Waals surface area contributed by atoms with Crippen LogP contribution in [-0.2, 0) is 0 Å². The molecule has 5 nitrogen and oxygen atoms in total. The summed E-state index contributed by atoms with van der Waals surface area (Å²) in [7, 11) is 1.91. The summed E-state index contributed by atoms with van der Waals surface area (Å²) in [5.41, 5.74) is 1.56. The summed E-state index contributed by atoms with van der Waals surface area (Å²) in [5.74, 6) is 0.0677. The van der Waals surface area contributed by atoms with Crippen LogP contribution in [0.15, 0.2) is 30.6 Å². The first-order valence-corrected chi connectivity index (χ1v) is 7.17. The van der Waals surface area contributed by atoms with Crippen molar-refractivity contribution < 1.29 is 4.79 Å². The van der Waals surface area contributed by atoms with Crippen molar-refractivity contribution in [3.63, 3.8) is 0 Å². The van der Waals surface area contributed by atoms with Crippen LogP contribution in [0.3, 0.4) is 0 Å². The maximum absolute atomic E-state index is 12.7. The first-order valence-electron chi connectivity index (χ1n) is 7.17. The van der Waals surface area contributed by atoms with E-state index in [2.05, 4.69) is 10.4 Å². The molecule has 1 saturated heterocycles. The Kier molecular flexibility index (Phi) is 5.20. The maximum atomic E-state index is 12.7. The molecule has 0 spiro atoms. The van der Waals surface area contributed by atoms with E-state index < -0.39 is 0 Å². The van der Waals surface area contributed by atoms with Gasteiger partial charge in [-0.25, -0.2) is 4.52 Å². The van der Waals surface area contributed by atoms with Crippen LogP contribution in [-0.4, -0.2) is 46.6 Å². The number of hydrogen-bond acceptors (Lipinski definition) is 3. The summed E-state index contributed by atoms with van der Waals surface area (Å²) in [6.07, 6.45) is 6.73. The molecule has 1 aliphatic rings. The van der Waals surface area contributed by atoms with Crippen LogP contribution in [0.4, 0.5) is 0 Å². The summed E-state index contributed by atoms with van der Waals surface area (Å²) in [6.45, 7) is 2.03. The molecule has 0 aliphatic carbocycles. The molecule has 1 atom stereocenters. The van der Waals surface area contributed by atoms with Crippen molar-refractivity contribution in [1.82, 2.24) is 19.8 Å². The molecule has 6 heteroatoms. The monoisotopic (exact) mass is 308 g/mol. The maximum Gasteiger partial charge on any atom is 0.257 e. The SMILES string of the molecule is CN(C(=O)c1cnn2ccccc12)C1CCCNCC1.Cl. The molecule has 2 aromatic heterocycles. The minimum Gasteiger partial charge on any atom is -0.339 e. The van der Waals surface area contributed by atoms with Gasteiger partial charge in [0.05, 0.1) is 17.3 Å². The van der Waals surface area contributed by atoms with E-state index in [4.69, 9.17) is 0 Å². The van der Waals surface area contributed by atoms with Gasteiger partial charge in [-0.05, 0) is 44.5 Å². The number of hydrogen-bond donors (Lipinski definition) is 1. The molecule has 1 N–H and O–H groups in total. The van der Waals surface area contributed by atoms with Gasteiger partial charge in [-0.3, -0.25) is 4.79 Å². The Morgan fingerprint density at radius 3 is 3.10 bits per heavy atom. The minimum absolute atomic E-state index is 0. The zero-order chi connectivity index (χ0) is 13.9. The highest BCUT2D eigenvalue weighted by molar-refractivity contribution is 6.00. The molecular formula is C15H21ClN4O.